The van der Waals surface area contributed by atoms with Crippen molar-refractivity contribution in [2.24, 2.45) is 5.73 Å². The lowest BCUT2D eigenvalue weighted by molar-refractivity contribution is 0.0969. The van der Waals surface area contributed by atoms with Crippen LogP contribution in [0.3, 0.4) is 0 Å². The number of carbonyl (C=O) groups excluding carboxylic acids is 1. The second-order valence-corrected chi connectivity index (χ2v) is 9.37. The molecule has 2 aliphatic rings. The number of aromatic nitrogens is 4. The predicted octanol–water partition coefficient (Wildman–Crippen LogP) is 3.10. The summed E-state index contributed by atoms with van der Waals surface area (Å²) in [5, 5.41) is 8.62. The average molecular weight is 462 g/mol. The van der Waals surface area contributed by atoms with Crippen molar-refractivity contribution < 1.29 is 9.53 Å². The Morgan fingerprint density at radius 1 is 1.15 bits per heavy atom. The van der Waals surface area contributed by atoms with Crippen LogP contribution in [0.1, 0.15) is 60.7 Å². The van der Waals surface area contributed by atoms with Crippen molar-refractivity contribution in [3.63, 3.8) is 0 Å². The van der Waals surface area contributed by atoms with Gasteiger partial charge in [-0.15, -0.1) is 0 Å². The Hall–Kier alpha value is -3.46. The zero-order valence-corrected chi connectivity index (χ0v) is 19.6. The highest BCUT2D eigenvalue weighted by molar-refractivity contribution is 6.04. The number of nitrogens with two attached hydrogens (primary N) is 1. The molecule has 0 atom stereocenters. The van der Waals surface area contributed by atoms with Gasteiger partial charge in [0.05, 0.1) is 23.2 Å². The summed E-state index contributed by atoms with van der Waals surface area (Å²) < 4.78 is 8.18. The van der Waals surface area contributed by atoms with Crippen molar-refractivity contribution in [2.45, 2.75) is 56.7 Å². The molecule has 2 aromatic heterocycles. The van der Waals surface area contributed by atoms with Crippen LogP contribution in [0, 0.1) is 0 Å². The quantitative estimate of drug-likeness (QED) is 0.556. The molecule has 34 heavy (non-hydrogen) atoms. The molecule has 0 bridgehead atoms. The molecule has 1 amide bonds. The van der Waals surface area contributed by atoms with Crippen molar-refractivity contribution in [3.05, 3.63) is 54.4 Å². The van der Waals surface area contributed by atoms with Crippen LogP contribution in [-0.2, 0) is 0 Å². The lowest BCUT2D eigenvalue weighted by Crippen LogP contribution is -2.32. The molecule has 2 saturated carbocycles. The molecule has 0 aliphatic heterocycles. The first-order valence-corrected chi connectivity index (χ1v) is 11.9. The van der Waals surface area contributed by atoms with Crippen molar-refractivity contribution in [2.75, 3.05) is 14.1 Å². The number of hydrogen-bond acceptors (Lipinski definition) is 7. The van der Waals surface area contributed by atoms with Crippen molar-refractivity contribution >= 4 is 22.5 Å². The normalized spacial score (nSPS) is 21.1. The topological polar surface area (TPSA) is 111 Å². The number of hydrogen-bond donors (Lipinski definition) is 2. The number of benzene rings is 1. The molecule has 2 aliphatic carbocycles. The molecule has 0 unspecified atom stereocenters. The molecule has 0 radical (unpaired) electrons. The fourth-order valence-corrected chi connectivity index (χ4v) is 4.54. The average Bonchev–Trinajstić information content (AvgIpc) is 3.58. The van der Waals surface area contributed by atoms with Crippen LogP contribution < -0.4 is 15.8 Å². The fraction of sp³-hybridized carbons (Fsp3) is 0.440. The standard InChI is InChI=1S/C25H31N7O2/c1-31(2)17-4-6-18(7-5-17)32-15-16-12-20(23(13-21(16)30-32)34-19-8-9-19)25(33)29-22(14-26)24-27-10-3-11-28-24/h3,10-15,17-19H,4-9,26H2,1-2H3,(H,29,33). The highest BCUT2D eigenvalue weighted by atomic mass is 16.5. The first kappa shape index (κ1) is 22.3. The van der Waals surface area contributed by atoms with Gasteiger partial charge in [0.25, 0.3) is 5.91 Å². The van der Waals surface area contributed by atoms with Crippen molar-refractivity contribution in [1.29, 1.82) is 0 Å². The largest absolute Gasteiger partial charge is 0.490 e. The third-order valence-electron chi connectivity index (χ3n) is 6.68. The number of nitrogens with one attached hydrogen (secondary N) is 1. The summed E-state index contributed by atoms with van der Waals surface area (Å²) in [6.45, 7) is 0. The van der Waals surface area contributed by atoms with Gasteiger partial charge in [0.2, 0.25) is 0 Å². The maximum atomic E-state index is 13.3. The second-order valence-electron chi connectivity index (χ2n) is 9.37. The summed E-state index contributed by atoms with van der Waals surface area (Å²) in [6.07, 6.45) is 13.2. The highest BCUT2D eigenvalue weighted by Gasteiger charge is 2.28. The van der Waals surface area contributed by atoms with E-state index in [2.05, 4.69) is 39.0 Å². The first-order valence-electron chi connectivity index (χ1n) is 11.9. The molecule has 2 heterocycles. The van der Waals surface area contributed by atoms with E-state index in [0.29, 0.717) is 34.9 Å². The van der Waals surface area contributed by atoms with Gasteiger partial charge in [0.15, 0.2) is 5.82 Å². The second kappa shape index (κ2) is 9.42. The van der Waals surface area contributed by atoms with Gasteiger partial charge in [-0.2, -0.15) is 5.10 Å². The Morgan fingerprint density at radius 2 is 1.88 bits per heavy atom. The molecular weight excluding hydrogens is 430 g/mol. The van der Waals surface area contributed by atoms with Crippen LogP contribution in [0.25, 0.3) is 16.6 Å². The summed E-state index contributed by atoms with van der Waals surface area (Å²) in [4.78, 5) is 24.0. The van der Waals surface area contributed by atoms with E-state index in [1.165, 1.54) is 6.20 Å². The van der Waals surface area contributed by atoms with Crippen LogP contribution in [0.5, 0.6) is 5.75 Å². The fourth-order valence-electron chi connectivity index (χ4n) is 4.54. The van der Waals surface area contributed by atoms with Crippen LogP contribution in [0.4, 0.5) is 0 Å². The maximum absolute atomic E-state index is 13.3. The number of nitrogens with zero attached hydrogens (tertiary/aromatic N) is 5. The molecule has 9 nitrogen and oxygen atoms in total. The summed E-state index contributed by atoms with van der Waals surface area (Å²) in [7, 11) is 4.30. The summed E-state index contributed by atoms with van der Waals surface area (Å²) >= 11 is 0. The van der Waals surface area contributed by atoms with Gasteiger partial charge in [0, 0.05) is 42.3 Å². The van der Waals surface area contributed by atoms with Crippen LogP contribution >= 0.6 is 0 Å². The van der Waals surface area contributed by atoms with Gasteiger partial charge in [-0.25, -0.2) is 9.97 Å². The van der Waals surface area contributed by atoms with E-state index in [0.717, 1.165) is 49.4 Å². The Bertz CT molecular complexity index is 1190. The Kier molecular flexibility index (Phi) is 6.19. The smallest absolute Gasteiger partial charge is 0.259 e. The van der Waals surface area contributed by atoms with Crippen LogP contribution in [0.2, 0.25) is 0 Å². The van der Waals surface area contributed by atoms with Crippen LogP contribution in [0.15, 0.2) is 43.0 Å². The van der Waals surface area contributed by atoms with E-state index in [1.807, 2.05) is 18.3 Å². The molecule has 178 valence electrons. The number of amides is 1. The SMILES string of the molecule is CN(C)C1CCC(n2cc3cc(C(=O)NC(=CN)c4ncccn4)c(OC4CC4)cc3n2)CC1. The Balaban J connectivity index is 1.42. The van der Waals surface area contributed by atoms with E-state index in [-0.39, 0.29) is 12.0 Å². The molecule has 0 spiro atoms. The van der Waals surface area contributed by atoms with E-state index in [1.54, 1.807) is 18.5 Å². The lowest BCUT2D eigenvalue weighted by Gasteiger charge is -2.32. The predicted molar refractivity (Wildman–Crippen MR) is 130 cm³/mol. The third kappa shape index (κ3) is 4.75. The minimum Gasteiger partial charge on any atom is -0.490 e. The van der Waals surface area contributed by atoms with Gasteiger partial charge < -0.3 is 20.7 Å². The molecular formula is C25H31N7O2. The molecule has 2 fully saturated rings. The van der Waals surface area contributed by atoms with Gasteiger partial charge in [-0.1, -0.05) is 0 Å². The monoisotopic (exact) mass is 461 g/mol. The van der Waals surface area contributed by atoms with Crippen molar-refractivity contribution in [3.8, 4) is 5.75 Å². The van der Waals surface area contributed by atoms with E-state index in [9.17, 15) is 4.79 Å². The molecule has 5 rings (SSSR count). The van der Waals surface area contributed by atoms with Crippen molar-refractivity contribution in [1.82, 2.24) is 30.0 Å². The lowest BCUT2D eigenvalue weighted by atomic mass is 9.91. The van der Waals surface area contributed by atoms with E-state index in [4.69, 9.17) is 15.6 Å². The molecule has 1 aromatic carbocycles. The minimum atomic E-state index is -0.319. The van der Waals surface area contributed by atoms with Gasteiger partial charge >= 0.3 is 0 Å². The first-order chi connectivity index (χ1) is 16.5. The number of carbonyl (C=O) groups is 1. The molecule has 9 heteroatoms. The van der Waals surface area contributed by atoms with E-state index < -0.39 is 0 Å². The van der Waals surface area contributed by atoms with Gasteiger partial charge in [0.1, 0.15) is 11.4 Å². The Labute approximate surface area is 199 Å². The van der Waals surface area contributed by atoms with Crippen LogP contribution in [-0.4, -0.2) is 56.8 Å². The zero-order valence-electron chi connectivity index (χ0n) is 19.6. The molecule has 3 aromatic rings. The van der Waals surface area contributed by atoms with Gasteiger partial charge in [-0.05, 0) is 64.8 Å². The Morgan fingerprint density at radius 3 is 2.53 bits per heavy atom. The molecule has 0 saturated heterocycles. The number of fused-ring (bicyclic) bond motifs is 1. The zero-order chi connectivity index (χ0) is 23.7. The summed E-state index contributed by atoms with van der Waals surface area (Å²) in [5.41, 5.74) is 7.39. The number of ether oxygens (including phenoxy) is 1. The number of rotatable bonds is 7. The highest BCUT2D eigenvalue weighted by Crippen LogP contribution is 2.34. The minimum absolute atomic E-state index is 0.148. The molecule has 3 N–H and O–H groups in total. The third-order valence-corrected chi connectivity index (χ3v) is 6.68. The summed E-state index contributed by atoms with van der Waals surface area (Å²) in [5.74, 6) is 0.575. The van der Waals surface area contributed by atoms with Gasteiger partial charge in [-0.3, -0.25) is 9.48 Å². The summed E-state index contributed by atoms with van der Waals surface area (Å²) in [6, 6.07) is 6.45. The maximum Gasteiger partial charge on any atom is 0.259 e. The van der Waals surface area contributed by atoms with E-state index >= 15 is 0 Å².